The van der Waals surface area contributed by atoms with Crippen molar-refractivity contribution in [2.75, 3.05) is 5.32 Å². The summed E-state index contributed by atoms with van der Waals surface area (Å²) >= 11 is 0. The number of nitrogens with one attached hydrogen (secondary N) is 2. The van der Waals surface area contributed by atoms with Gasteiger partial charge < -0.3 is 5.32 Å². The molecule has 0 saturated heterocycles. The van der Waals surface area contributed by atoms with Gasteiger partial charge in [0.05, 0.1) is 0 Å². The molecule has 5 nitrogen and oxygen atoms in total. The Kier molecular flexibility index (Phi) is 4.34. The largest absolute Gasteiger partial charge is 0.367 e. The number of aromatic nitrogens is 2. The van der Waals surface area contributed by atoms with Crippen molar-refractivity contribution in [2.45, 2.75) is 26.4 Å². The van der Waals surface area contributed by atoms with E-state index in [1.807, 2.05) is 6.92 Å². The van der Waals surface area contributed by atoms with Crippen LogP contribution in [0, 0.1) is 5.82 Å². The van der Waals surface area contributed by atoms with Gasteiger partial charge in [0.1, 0.15) is 11.6 Å². The van der Waals surface area contributed by atoms with Crippen LogP contribution in [0.2, 0.25) is 0 Å². The van der Waals surface area contributed by atoms with E-state index in [0.29, 0.717) is 25.3 Å². The third kappa shape index (κ3) is 3.34. The zero-order valence-electron chi connectivity index (χ0n) is 11.1. The first-order chi connectivity index (χ1) is 9.60. The van der Waals surface area contributed by atoms with Gasteiger partial charge in [0.15, 0.2) is 0 Å². The summed E-state index contributed by atoms with van der Waals surface area (Å²) in [6, 6.07) is 7.44. The van der Waals surface area contributed by atoms with Crippen LogP contribution < -0.4 is 16.6 Å². The summed E-state index contributed by atoms with van der Waals surface area (Å²) in [5, 5.41) is 2.90. The lowest BCUT2D eigenvalue weighted by molar-refractivity contribution is 0.616. The summed E-state index contributed by atoms with van der Waals surface area (Å²) in [5.74, 6) is 0.00720. The van der Waals surface area contributed by atoms with Gasteiger partial charge in [-0.05, 0) is 24.1 Å². The second-order valence-electron chi connectivity index (χ2n) is 4.46. The fraction of sp³-hybridized carbons (Fsp3) is 0.286. The van der Waals surface area contributed by atoms with Gasteiger partial charge in [-0.15, -0.1) is 0 Å². The molecule has 20 heavy (non-hydrogen) atoms. The highest BCUT2D eigenvalue weighted by atomic mass is 19.1. The highest BCUT2D eigenvalue weighted by Gasteiger charge is 2.03. The quantitative estimate of drug-likeness (QED) is 0.874. The SMILES string of the molecule is CCCn1c(=O)cc(NCc2cccc(F)c2)[nH]c1=O. The lowest BCUT2D eigenvalue weighted by atomic mass is 10.2. The Morgan fingerprint density at radius 1 is 1.30 bits per heavy atom. The van der Waals surface area contributed by atoms with E-state index in [1.54, 1.807) is 12.1 Å². The molecular weight excluding hydrogens is 261 g/mol. The topological polar surface area (TPSA) is 66.9 Å². The van der Waals surface area contributed by atoms with Crippen LogP contribution in [0.25, 0.3) is 0 Å². The van der Waals surface area contributed by atoms with Gasteiger partial charge >= 0.3 is 5.69 Å². The number of halogens is 1. The van der Waals surface area contributed by atoms with Crippen LogP contribution in [-0.4, -0.2) is 9.55 Å². The van der Waals surface area contributed by atoms with Crippen LogP contribution in [0.1, 0.15) is 18.9 Å². The second kappa shape index (κ2) is 6.18. The molecule has 0 fully saturated rings. The second-order valence-corrected chi connectivity index (χ2v) is 4.46. The molecule has 106 valence electrons. The summed E-state index contributed by atoms with van der Waals surface area (Å²) < 4.78 is 14.2. The average Bonchev–Trinajstić information content (AvgIpc) is 2.41. The van der Waals surface area contributed by atoms with E-state index in [1.165, 1.54) is 18.2 Å². The summed E-state index contributed by atoms with van der Waals surface area (Å²) in [6.45, 7) is 2.60. The molecular formula is C14H16FN3O2. The molecule has 0 unspecified atom stereocenters. The van der Waals surface area contributed by atoms with Gasteiger partial charge in [0.25, 0.3) is 5.56 Å². The van der Waals surface area contributed by atoms with Crippen LogP contribution >= 0.6 is 0 Å². The van der Waals surface area contributed by atoms with Gasteiger partial charge in [0, 0.05) is 19.2 Å². The zero-order valence-corrected chi connectivity index (χ0v) is 11.1. The molecule has 1 heterocycles. The van der Waals surface area contributed by atoms with E-state index in [-0.39, 0.29) is 11.4 Å². The molecule has 0 aliphatic heterocycles. The molecule has 0 aliphatic carbocycles. The van der Waals surface area contributed by atoms with Crippen molar-refractivity contribution in [1.82, 2.24) is 9.55 Å². The molecule has 1 aromatic carbocycles. The molecule has 0 saturated carbocycles. The van der Waals surface area contributed by atoms with Gasteiger partial charge in [-0.1, -0.05) is 19.1 Å². The molecule has 6 heteroatoms. The maximum Gasteiger partial charge on any atom is 0.329 e. The normalized spacial score (nSPS) is 10.5. The maximum absolute atomic E-state index is 13.0. The molecule has 0 atom stereocenters. The highest BCUT2D eigenvalue weighted by Crippen LogP contribution is 2.05. The van der Waals surface area contributed by atoms with Crippen molar-refractivity contribution in [3.05, 3.63) is 62.6 Å². The number of hydrogen-bond donors (Lipinski definition) is 2. The highest BCUT2D eigenvalue weighted by molar-refractivity contribution is 5.33. The summed E-state index contributed by atoms with van der Waals surface area (Å²) in [5.41, 5.74) is -0.0676. The van der Waals surface area contributed by atoms with Crippen LogP contribution in [-0.2, 0) is 13.1 Å². The minimum atomic E-state index is -0.443. The molecule has 1 aromatic heterocycles. The predicted octanol–water partition coefficient (Wildman–Crippen LogP) is 1.70. The first-order valence-corrected chi connectivity index (χ1v) is 6.42. The van der Waals surface area contributed by atoms with Crippen molar-refractivity contribution in [3.8, 4) is 0 Å². The van der Waals surface area contributed by atoms with E-state index >= 15 is 0 Å². The average molecular weight is 277 g/mol. The third-order valence-electron chi connectivity index (χ3n) is 2.84. The molecule has 2 rings (SSSR count). The van der Waals surface area contributed by atoms with Gasteiger partial charge in [-0.2, -0.15) is 0 Å². The number of H-pyrrole nitrogens is 1. The number of benzene rings is 1. The number of aromatic amines is 1. The standard InChI is InChI=1S/C14H16FN3O2/c1-2-6-18-13(19)8-12(17-14(18)20)16-9-10-4-3-5-11(15)7-10/h3-5,7-8,16H,2,6,9H2,1H3,(H,17,20). The predicted molar refractivity (Wildman–Crippen MR) is 75.3 cm³/mol. The molecule has 0 aliphatic rings. The zero-order chi connectivity index (χ0) is 14.5. The molecule has 0 spiro atoms. The Hall–Kier alpha value is -2.37. The number of nitrogens with zero attached hydrogens (tertiary/aromatic N) is 1. The van der Waals surface area contributed by atoms with E-state index < -0.39 is 5.69 Å². The van der Waals surface area contributed by atoms with E-state index in [4.69, 9.17) is 0 Å². The minimum absolute atomic E-state index is 0.323. The monoisotopic (exact) mass is 277 g/mol. The Morgan fingerprint density at radius 2 is 2.10 bits per heavy atom. The summed E-state index contributed by atoms with van der Waals surface area (Å²) in [7, 11) is 0. The smallest absolute Gasteiger partial charge is 0.329 e. The van der Waals surface area contributed by atoms with Crippen LogP contribution in [0.3, 0.4) is 0 Å². The minimum Gasteiger partial charge on any atom is -0.367 e. The van der Waals surface area contributed by atoms with E-state index in [0.717, 1.165) is 10.1 Å². The van der Waals surface area contributed by atoms with Crippen molar-refractivity contribution in [2.24, 2.45) is 0 Å². The Morgan fingerprint density at radius 3 is 2.75 bits per heavy atom. The maximum atomic E-state index is 13.0. The lowest BCUT2D eigenvalue weighted by Gasteiger charge is -2.08. The van der Waals surface area contributed by atoms with Crippen molar-refractivity contribution in [3.63, 3.8) is 0 Å². The van der Waals surface area contributed by atoms with Crippen LogP contribution in [0.15, 0.2) is 39.9 Å². The van der Waals surface area contributed by atoms with Gasteiger partial charge in [-0.3, -0.25) is 14.3 Å². The van der Waals surface area contributed by atoms with Gasteiger partial charge in [0.2, 0.25) is 0 Å². The van der Waals surface area contributed by atoms with E-state index in [2.05, 4.69) is 10.3 Å². The van der Waals surface area contributed by atoms with Crippen molar-refractivity contribution >= 4 is 5.82 Å². The first kappa shape index (κ1) is 14.0. The number of rotatable bonds is 5. The Labute approximate surface area is 115 Å². The molecule has 2 aromatic rings. The molecule has 2 N–H and O–H groups in total. The van der Waals surface area contributed by atoms with Crippen molar-refractivity contribution < 1.29 is 4.39 Å². The molecule has 0 amide bonds. The Balaban J connectivity index is 2.15. The number of hydrogen-bond acceptors (Lipinski definition) is 3. The fourth-order valence-corrected chi connectivity index (χ4v) is 1.90. The van der Waals surface area contributed by atoms with Crippen LogP contribution in [0.4, 0.5) is 10.2 Å². The third-order valence-corrected chi connectivity index (χ3v) is 2.84. The summed E-state index contributed by atoms with van der Waals surface area (Å²) in [4.78, 5) is 26.1. The fourth-order valence-electron chi connectivity index (χ4n) is 1.90. The van der Waals surface area contributed by atoms with Crippen molar-refractivity contribution in [1.29, 1.82) is 0 Å². The Bertz CT molecular complexity index is 675. The summed E-state index contributed by atoms with van der Waals surface area (Å²) in [6.07, 6.45) is 0.707. The molecule has 0 bridgehead atoms. The van der Waals surface area contributed by atoms with Gasteiger partial charge in [-0.25, -0.2) is 9.18 Å². The first-order valence-electron chi connectivity index (χ1n) is 6.42. The lowest BCUT2D eigenvalue weighted by Crippen LogP contribution is -2.35. The van der Waals surface area contributed by atoms with Crippen LogP contribution in [0.5, 0.6) is 0 Å². The molecule has 0 radical (unpaired) electrons. The van der Waals surface area contributed by atoms with E-state index in [9.17, 15) is 14.0 Å². The number of anilines is 1.